The number of carbonyl (C=O) groups excluding carboxylic acids is 1. The largest absolute Gasteiger partial charge is 0.354 e. The molecule has 2 aliphatic rings. The fourth-order valence-corrected chi connectivity index (χ4v) is 4.68. The number of thiazole rings is 1. The highest BCUT2D eigenvalue weighted by molar-refractivity contribution is 7.22. The maximum absolute atomic E-state index is 12.2. The summed E-state index contributed by atoms with van der Waals surface area (Å²) in [7, 11) is 0. The van der Waals surface area contributed by atoms with Crippen LogP contribution < -0.4 is 15.5 Å². The second-order valence-electron chi connectivity index (χ2n) is 6.81. The van der Waals surface area contributed by atoms with Crippen LogP contribution in [0.3, 0.4) is 0 Å². The first-order valence-electron chi connectivity index (χ1n) is 8.91. The third kappa shape index (κ3) is 3.39. The molecule has 2 atom stereocenters. The number of hydrogen-bond acceptors (Lipinski definition) is 5. The van der Waals surface area contributed by atoms with Gasteiger partial charge in [0.25, 0.3) is 0 Å². The molecular weight excluding hydrogens is 320 g/mol. The summed E-state index contributed by atoms with van der Waals surface area (Å²) in [4.78, 5) is 19.3. The van der Waals surface area contributed by atoms with Gasteiger partial charge in [-0.2, -0.15) is 0 Å². The Labute approximate surface area is 146 Å². The van der Waals surface area contributed by atoms with Crippen LogP contribution in [-0.4, -0.2) is 43.1 Å². The molecule has 0 radical (unpaired) electrons. The molecule has 6 heteroatoms. The number of para-hydroxylation sites is 1. The van der Waals surface area contributed by atoms with Crippen LogP contribution >= 0.6 is 11.3 Å². The molecule has 0 spiro atoms. The van der Waals surface area contributed by atoms with E-state index in [0.717, 1.165) is 56.1 Å². The van der Waals surface area contributed by atoms with Crippen LogP contribution in [0.4, 0.5) is 5.13 Å². The summed E-state index contributed by atoms with van der Waals surface area (Å²) >= 11 is 1.77. The fourth-order valence-electron chi connectivity index (χ4n) is 3.68. The lowest BCUT2D eigenvalue weighted by atomic mass is 9.98. The molecule has 2 unspecified atom stereocenters. The molecular formula is C18H24N4OS. The summed E-state index contributed by atoms with van der Waals surface area (Å²) in [6, 6.07) is 8.33. The lowest BCUT2D eigenvalue weighted by Crippen LogP contribution is -2.45. The zero-order valence-electron chi connectivity index (χ0n) is 13.8. The van der Waals surface area contributed by atoms with Crippen molar-refractivity contribution in [3.05, 3.63) is 24.3 Å². The van der Waals surface area contributed by atoms with Gasteiger partial charge in [0.15, 0.2) is 5.13 Å². The van der Waals surface area contributed by atoms with E-state index in [1.54, 1.807) is 11.3 Å². The van der Waals surface area contributed by atoms with Gasteiger partial charge in [-0.05, 0) is 50.3 Å². The van der Waals surface area contributed by atoms with Crippen molar-refractivity contribution >= 4 is 32.6 Å². The summed E-state index contributed by atoms with van der Waals surface area (Å²) in [5.74, 6) is 0.681. The van der Waals surface area contributed by atoms with E-state index < -0.39 is 0 Å². The molecule has 1 aromatic carbocycles. The van der Waals surface area contributed by atoms with Crippen LogP contribution in [0.2, 0.25) is 0 Å². The summed E-state index contributed by atoms with van der Waals surface area (Å²) in [6.45, 7) is 3.79. The van der Waals surface area contributed by atoms with E-state index in [1.165, 1.54) is 11.1 Å². The predicted molar refractivity (Wildman–Crippen MR) is 98.6 cm³/mol. The molecule has 1 aromatic heterocycles. The van der Waals surface area contributed by atoms with Crippen molar-refractivity contribution in [3.8, 4) is 0 Å². The van der Waals surface area contributed by atoms with E-state index in [1.807, 2.05) is 6.07 Å². The van der Waals surface area contributed by atoms with Crippen molar-refractivity contribution in [1.29, 1.82) is 0 Å². The SMILES string of the molecule is O=C(NCC1CCCN(c2nc3ccccc3s2)C1)C1CCCN1. The van der Waals surface area contributed by atoms with Crippen LogP contribution in [0.5, 0.6) is 0 Å². The standard InChI is InChI=1S/C18H24N4OS/c23-17(15-7-3-9-19-15)20-11-13-5-4-10-22(12-13)18-21-14-6-1-2-8-16(14)24-18/h1-2,6,8,13,15,19H,3-5,7,9-12H2,(H,20,23). The van der Waals surface area contributed by atoms with Gasteiger partial charge in [0.05, 0.1) is 16.3 Å². The van der Waals surface area contributed by atoms with Gasteiger partial charge in [-0.1, -0.05) is 23.5 Å². The van der Waals surface area contributed by atoms with Crippen LogP contribution in [0, 0.1) is 5.92 Å². The first kappa shape index (κ1) is 15.8. The minimum Gasteiger partial charge on any atom is -0.354 e. The number of benzene rings is 1. The minimum atomic E-state index is 0.0222. The van der Waals surface area contributed by atoms with Crippen LogP contribution in [0.1, 0.15) is 25.7 Å². The van der Waals surface area contributed by atoms with Crippen molar-refractivity contribution in [2.75, 3.05) is 31.1 Å². The van der Waals surface area contributed by atoms with Gasteiger partial charge >= 0.3 is 0 Å². The normalized spacial score (nSPS) is 24.4. The average Bonchev–Trinajstić information content (AvgIpc) is 3.29. The van der Waals surface area contributed by atoms with Crippen molar-refractivity contribution in [2.24, 2.45) is 5.92 Å². The Balaban J connectivity index is 1.35. The maximum Gasteiger partial charge on any atom is 0.237 e. The summed E-state index contributed by atoms with van der Waals surface area (Å²) in [5, 5.41) is 7.53. The fraction of sp³-hybridized carbons (Fsp3) is 0.556. The van der Waals surface area contributed by atoms with Gasteiger partial charge in [0.1, 0.15) is 0 Å². The first-order chi connectivity index (χ1) is 11.8. The maximum atomic E-state index is 12.2. The third-order valence-electron chi connectivity index (χ3n) is 5.01. The van der Waals surface area contributed by atoms with Crippen LogP contribution in [-0.2, 0) is 4.79 Å². The number of rotatable bonds is 4. The molecule has 2 fully saturated rings. The summed E-state index contributed by atoms with van der Waals surface area (Å²) in [6.07, 6.45) is 4.42. The van der Waals surface area contributed by atoms with Gasteiger partial charge < -0.3 is 15.5 Å². The molecule has 2 saturated heterocycles. The number of hydrogen-bond donors (Lipinski definition) is 2. The van der Waals surface area contributed by atoms with E-state index in [2.05, 4.69) is 33.7 Å². The highest BCUT2D eigenvalue weighted by atomic mass is 32.1. The second kappa shape index (κ2) is 7.07. The zero-order valence-corrected chi connectivity index (χ0v) is 14.6. The Hall–Kier alpha value is -1.66. The lowest BCUT2D eigenvalue weighted by molar-refractivity contribution is -0.122. The van der Waals surface area contributed by atoms with E-state index in [-0.39, 0.29) is 11.9 Å². The molecule has 1 amide bonds. The highest BCUT2D eigenvalue weighted by Crippen LogP contribution is 2.31. The Kier molecular flexibility index (Phi) is 4.67. The van der Waals surface area contributed by atoms with E-state index in [0.29, 0.717) is 5.92 Å². The van der Waals surface area contributed by atoms with E-state index in [4.69, 9.17) is 4.98 Å². The quantitative estimate of drug-likeness (QED) is 0.894. The van der Waals surface area contributed by atoms with Gasteiger partial charge in [0, 0.05) is 19.6 Å². The molecule has 24 heavy (non-hydrogen) atoms. The van der Waals surface area contributed by atoms with Crippen LogP contribution in [0.25, 0.3) is 10.2 Å². The number of nitrogens with zero attached hydrogens (tertiary/aromatic N) is 2. The van der Waals surface area contributed by atoms with Gasteiger partial charge in [-0.3, -0.25) is 4.79 Å². The smallest absolute Gasteiger partial charge is 0.237 e. The molecule has 128 valence electrons. The van der Waals surface area contributed by atoms with Crippen LogP contribution in [0.15, 0.2) is 24.3 Å². The summed E-state index contributed by atoms with van der Waals surface area (Å²) < 4.78 is 1.25. The van der Waals surface area contributed by atoms with Crippen molar-refractivity contribution < 1.29 is 4.79 Å². The molecule has 3 heterocycles. The first-order valence-corrected chi connectivity index (χ1v) is 9.73. The molecule has 0 bridgehead atoms. The number of piperidine rings is 1. The van der Waals surface area contributed by atoms with E-state index >= 15 is 0 Å². The Morgan fingerprint density at radius 3 is 3.08 bits per heavy atom. The monoisotopic (exact) mass is 344 g/mol. The third-order valence-corrected chi connectivity index (χ3v) is 6.11. The number of fused-ring (bicyclic) bond motifs is 1. The topological polar surface area (TPSA) is 57.3 Å². The zero-order chi connectivity index (χ0) is 16.4. The lowest BCUT2D eigenvalue weighted by Gasteiger charge is -2.32. The predicted octanol–water partition coefficient (Wildman–Crippen LogP) is 2.38. The minimum absolute atomic E-state index is 0.0222. The molecule has 2 aliphatic heterocycles. The van der Waals surface area contributed by atoms with E-state index in [9.17, 15) is 4.79 Å². The molecule has 0 aliphatic carbocycles. The van der Waals surface area contributed by atoms with Crippen molar-refractivity contribution in [1.82, 2.24) is 15.6 Å². The number of carbonyl (C=O) groups is 1. The summed E-state index contributed by atoms with van der Waals surface area (Å²) in [5.41, 5.74) is 1.08. The second-order valence-corrected chi connectivity index (χ2v) is 7.82. The average molecular weight is 344 g/mol. The van der Waals surface area contributed by atoms with Gasteiger partial charge in [0.2, 0.25) is 5.91 Å². The number of nitrogens with one attached hydrogen (secondary N) is 2. The Morgan fingerprint density at radius 1 is 1.33 bits per heavy atom. The van der Waals surface area contributed by atoms with Crippen molar-refractivity contribution in [2.45, 2.75) is 31.7 Å². The molecule has 2 aromatic rings. The number of aromatic nitrogens is 1. The van der Waals surface area contributed by atoms with Gasteiger partial charge in [-0.15, -0.1) is 0 Å². The van der Waals surface area contributed by atoms with Gasteiger partial charge in [-0.25, -0.2) is 4.98 Å². The number of anilines is 1. The molecule has 4 rings (SSSR count). The molecule has 5 nitrogen and oxygen atoms in total. The molecule has 2 N–H and O–H groups in total. The molecule has 0 saturated carbocycles. The Bertz CT molecular complexity index is 677. The Morgan fingerprint density at radius 2 is 2.25 bits per heavy atom. The number of amides is 1. The highest BCUT2D eigenvalue weighted by Gasteiger charge is 2.25. The van der Waals surface area contributed by atoms with Crippen molar-refractivity contribution in [3.63, 3.8) is 0 Å².